The lowest BCUT2D eigenvalue weighted by Gasteiger charge is -2.37. The summed E-state index contributed by atoms with van der Waals surface area (Å²) in [4.78, 5) is 30.4. The van der Waals surface area contributed by atoms with Gasteiger partial charge in [0.1, 0.15) is 17.0 Å². The smallest absolute Gasteiger partial charge is 0.279 e. The van der Waals surface area contributed by atoms with E-state index in [1.54, 1.807) is 42.5 Å². The monoisotopic (exact) mass is 385 g/mol. The van der Waals surface area contributed by atoms with Gasteiger partial charge in [0.15, 0.2) is 0 Å². The van der Waals surface area contributed by atoms with E-state index in [9.17, 15) is 14.9 Å². The molecule has 1 unspecified atom stereocenters. The quantitative estimate of drug-likeness (QED) is 0.674. The zero-order valence-corrected chi connectivity index (χ0v) is 16.1. The van der Waals surface area contributed by atoms with Crippen molar-refractivity contribution in [3.63, 3.8) is 0 Å². The second-order valence-corrected chi connectivity index (χ2v) is 7.64. The third-order valence-corrected chi connectivity index (χ3v) is 5.03. The molecule has 2 aromatic carbocycles. The van der Waals surface area contributed by atoms with Crippen LogP contribution in [-0.4, -0.2) is 21.1 Å². The third kappa shape index (κ3) is 3.43. The van der Waals surface area contributed by atoms with E-state index in [0.717, 1.165) is 10.1 Å². The summed E-state index contributed by atoms with van der Waals surface area (Å²) in [6.07, 6.45) is 3.35. The van der Waals surface area contributed by atoms with E-state index in [1.807, 2.05) is 19.9 Å². The Morgan fingerprint density at radius 2 is 2.00 bits per heavy atom. The first-order valence-corrected chi connectivity index (χ1v) is 9.30. The number of ether oxygens (including phenoxy) is 1. The van der Waals surface area contributed by atoms with Crippen molar-refractivity contribution >= 4 is 5.91 Å². The molecule has 0 aliphatic carbocycles. The van der Waals surface area contributed by atoms with Crippen LogP contribution in [0.2, 0.25) is 0 Å². The van der Waals surface area contributed by atoms with Gasteiger partial charge in [0.25, 0.3) is 11.5 Å². The summed E-state index contributed by atoms with van der Waals surface area (Å²) in [6.45, 7) is 3.88. The highest BCUT2D eigenvalue weighted by molar-refractivity contribution is 5.95. The number of fused-ring (bicyclic) bond motifs is 1. The Hall–Kier alpha value is -3.72. The molecule has 144 valence electrons. The molecule has 1 aliphatic rings. The van der Waals surface area contributed by atoms with Crippen LogP contribution in [0, 0.1) is 11.3 Å². The fourth-order valence-electron chi connectivity index (χ4n) is 3.71. The molecule has 29 heavy (non-hydrogen) atoms. The Balaban J connectivity index is 1.85. The highest BCUT2D eigenvalue weighted by Crippen LogP contribution is 2.43. The molecule has 1 atom stereocenters. The molecular weight excluding hydrogens is 366 g/mol. The van der Waals surface area contributed by atoms with Crippen LogP contribution in [0.15, 0.2) is 65.7 Å². The number of carbonyl (C=O) groups excluding carboxylic acids is 1. The average Bonchev–Trinajstić information content (AvgIpc) is 2.72. The Morgan fingerprint density at radius 1 is 1.24 bits per heavy atom. The number of nitriles is 1. The molecule has 0 saturated carbocycles. The van der Waals surface area contributed by atoms with E-state index in [4.69, 9.17) is 4.74 Å². The first kappa shape index (κ1) is 18.6. The van der Waals surface area contributed by atoms with Crippen molar-refractivity contribution < 1.29 is 9.53 Å². The SMILES string of the molecule is CC1(C)CC(c2nccn(C(=O)c3ccccc3)c2=O)c2cc(C#N)ccc2O1. The lowest BCUT2D eigenvalue weighted by atomic mass is 9.82. The predicted molar refractivity (Wildman–Crippen MR) is 107 cm³/mol. The Bertz CT molecular complexity index is 1190. The zero-order chi connectivity index (χ0) is 20.6. The highest BCUT2D eigenvalue weighted by atomic mass is 16.5. The second kappa shape index (κ2) is 7.02. The van der Waals surface area contributed by atoms with Crippen molar-refractivity contribution in [3.05, 3.63) is 93.7 Å². The van der Waals surface area contributed by atoms with Crippen molar-refractivity contribution in [2.75, 3.05) is 0 Å². The number of benzene rings is 2. The van der Waals surface area contributed by atoms with E-state index in [1.165, 1.54) is 12.4 Å². The van der Waals surface area contributed by atoms with Crippen LogP contribution < -0.4 is 10.3 Å². The number of aromatic nitrogens is 2. The van der Waals surface area contributed by atoms with Crippen molar-refractivity contribution in [3.8, 4) is 11.8 Å². The van der Waals surface area contributed by atoms with Gasteiger partial charge in [0, 0.05) is 29.4 Å². The van der Waals surface area contributed by atoms with Gasteiger partial charge in [-0.1, -0.05) is 18.2 Å². The fraction of sp³-hybridized carbons (Fsp3) is 0.217. The van der Waals surface area contributed by atoms with E-state index >= 15 is 0 Å². The fourth-order valence-corrected chi connectivity index (χ4v) is 3.71. The van der Waals surface area contributed by atoms with E-state index < -0.39 is 17.1 Å². The van der Waals surface area contributed by atoms with Gasteiger partial charge in [0.05, 0.1) is 11.6 Å². The van der Waals surface area contributed by atoms with Gasteiger partial charge in [-0.25, -0.2) is 4.57 Å². The Kier molecular flexibility index (Phi) is 4.51. The van der Waals surface area contributed by atoms with E-state index in [0.29, 0.717) is 23.3 Å². The molecule has 3 aromatic rings. The van der Waals surface area contributed by atoms with Crippen LogP contribution in [0.5, 0.6) is 5.75 Å². The van der Waals surface area contributed by atoms with Crippen LogP contribution >= 0.6 is 0 Å². The van der Waals surface area contributed by atoms with Crippen LogP contribution in [-0.2, 0) is 0 Å². The number of hydrogen-bond acceptors (Lipinski definition) is 5. The Morgan fingerprint density at radius 3 is 2.72 bits per heavy atom. The normalized spacial score (nSPS) is 16.9. The largest absolute Gasteiger partial charge is 0.488 e. The van der Waals surface area contributed by atoms with Crippen molar-refractivity contribution in [1.82, 2.24) is 9.55 Å². The van der Waals surface area contributed by atoms with Crippen LogP contribution in [0.25, 0.3) is 0 Å². The predicted octanol–water partition coefficient (Wildman–Crippen LogP) is 3.50. The molecule has 0 saturated heterocycles. The minimum atomic E-state index is -0.524. The number of hydrogen-bond donors (Lipinski definition) is 0. The average molecular weight is 385 g/mol. The van der Waals surface area contributed by atoms with Gasteiger partial charge < -0.3 is 4.74 Å². The molecule has 1 aliphatic heterocycles. The molecule has 1 aromatic heterocycles. The van der Waals surface area contributed by atoms with Crippen LogP contribution in [0.1, 0.15) is 53.4 Å². The van der Waals surface area contributed by atoms with E-state index in [2.05, 4.69) is 11.1 Å². The second-order valence-electron chi connectivity index (χ2n) is 7.64. The van der Waals surface area contributed by atoms with Gasteiger partial charge in [-0.05, 0) is 50.6 Å². The van der Waals surface area contributed by atoms with Gasteiger partial charge in [-0.2, -0.15) is 5.26 Å². The molecule has 4 rings (SSSR count). The molecule has 0 amide bonds. The van der Waals surface area contributed by atoms with Gasteiger partial charge >= 0.3 is 0 Å². The molecule has 6 heteroatoms. The summed E-state index contributed by atoms with van der Waals surface area (Å²) in [5, 5.41) is 9.28. The maximum Gasteiger partial charge on any atom is 0.279 e. The molecule has 0 bridgehead atoms. The molecule has 6 nitrogen and oxygen atoms in total. The first-order valence-electron chi connectivity index (χ1n) is 9.30. The van der Waals surface area contributed by atoms with Gasteiger partial charge in [0.2, 0.25) is 0 Å². The number of carbonyl (C=O) groups is 1. The molecular formula is C23H19N3O3. The zero-order valence-electron chi connectivity index (χ0n) is 16.1. The lowest BCUT2D eigenvalue weighted by molar-refractivity contribution is 0.0766. The van der Waals surface area contributed by atoms with Gasteiger partial charge in [-0.3, -0.25) is 14.6 Å². The highest BCUT2D eigenvalue weighted by Gasteiger charge is 2.37. The van der Waals surface area contributed by atoms with Crippen molar-refractivity contribution in [1.29, 1.82) is 5.26 Å². The van der Waals surface area contributed by atoms with Gasteiger partial charge in [-0.15, -0.1) is 0 Å². The summed E-state index contributed by atoms with van der Waals surface area (Å²) < 4.78 is 7.14. The van der Waals surface area contributed by atoms with Crippen molar-refractivity contribution in [2.24, 2.45) is 0 Å². The maximum atomic E-state index is 13.2. The maximum absolute atomic E-state index is 13.2. The number of rotatable bonds is 2. The van der Waals surface area contributed by atoms with Crippen molar-refractivity contribution in [2.45, 2.75) is 31.8 Å². The molecule has 0 radical (unpaired) electrons. The minimum absolute atomic E-state index is 0.268. The summed E-state index contributed by atoms with van der Waals surface area (Å²) in [5.41, 5.74) is 0.920. The van der Waals surface area contributed by atoms with E-state index in [-0.39, 0.29) is 11.6 Å². The minimum Gasteiger partial charge on any atom is -0.488 e. The number of nitrogens with zero attached hydrogens (tertiary/aromatic N) is 3. The van der Waals surface area contributed by atoms with Crippen LogP contribution in [0.4, 0.5) is 0 Å². The third-order valence-electron chi connectivity index (χ3n) is 5.03. The lowest BCUT2D eigenvalue weighted by Crippen LogP contribution is -2.39. The molecule has 0 N–H and O–H groups in total. The topological polar surface area (TPSA) is 85.0 Å². The summed E-state index contributed by atoms with van der Waals surface area (Å²) in [6, 6.07) is 15.9. The standard InChI is InChI=1S/C23H19N3O3/c1-23(2)13-18(17-12-15(14-24)8-9-19(17)29-23)20-22(28)26(11-10-25-20)21(27)16-6-4-3-5-7-16/h3-12,18H,13H2,1-2H3. The van der Waals surface area contributed by atoms with Crippen LogP contribution in [0.3, 0.4) is 0 Å². The molecule has 2 heterocycles. The summed E-state index contributed by atoms with van der Waals surface area (Å²) in [7, 11) is 0. The first-order chi connectivity index (χ1) is 13.9. The molecule has 0 fully saturated rings. The summed E-state index contributed by atoms with van der Waals surface area (Å²) >= 11 is 0. The Labute approximate surface area is 168 Å². The molecule has 0 spiro atoms. The summed E-state index contributed by atoms with van der Waals surface area (Å²) in [5.74, 6) is -0.168.